The maximum atomic E-state index is 14.3. The van der Waals surface area contributed by atoms with Crippen LogP contribution in [0, 0.1) is 31.6 Å². The largest absolute Gasteiger partial charge is 0.494 e. The fourth-order valence-corrected chi connectivity index (χ4v) is 8.97. The van der Waals surface area contributed by atoms with E-state index in [0.29, 0.717) is 24.4 Å². The Morgan fingerprint density at radius 2 is 1.85 bits per heavy atom. The molecular weight excluding hydrogens is 526 g/mol. The summed E-state index contributed by atoms with van der Waals surface area (Å²) in [5, 5.41) is 16.5. The maximum Gasteiger partial charge on any atom is 0.248 e. The fraction of sp³-hybridized carbons (Fsp3) is 0.516. The SMILES string of the molecule is CCOc1ccc(NC(=O)[C@@H]2[C@H]3C(=O)N([C@@H](CO)C(C)C)C(C(=O)Nc4cc(C)ccc4C)C34CC[C@H]2S4)cc1. The monoisotopic (exact) mass is 565 g/mol. The molecule has 214 valence electrons. The number of amides is 3. The predicted molar refractivity (Wildman–Crippen MR) is 157 cm³/mol. The molecule has 0 aromatic heterocycles. The summed E-state index contributed by atoms with van der Waals surface area (Å²) in [6.07, 6.45) is 1.42. The second-order valence-electron chi connectivity index (χ2n) is 11.5. The molecule has 40 heavy (non-hydrogen) atoms. The zero-order chi connectivity index (χ0) is 28.8. The number of hydrogen-bond acceptors (Lipinski definition) is 6. The van der Waals surface area contributed by atoms with Gasteiger partial charge in [-0.05, 0) is 81.0 Å². The van der Waals surface area contributed by atoms with Gasteiger partial charge in [0, 0.05) is 16.6 Å². The van der Waals surface area contributed by atoms with Crippen LogP contribution in [0.25, 0.3) is 0 Å². The lowest BCUT2D eigenvalue weighted by atomic mass is 9.70. The van der Waals surface area contributed by atoms with E-state index >= 15 is 0 Å². The zero-order valence-corrected chi connectivity index (χ0v) is 24.6. The number of carbonyl (C=O) groups excluding carboxylic acids is 3. The Hall–Kier alpha value is -3.04. The molecule has 3 aliphatic heterocycles. The van der Waals surface area contributed by atoms with Crippen molar-refractivity contribution in [2.24, 2.45) is 17.8 Å². The minimum Gasteiger partial charge on any atom is -0.494 e. The number of aliphatic hydroxyl groups is 1. The van der Waals surface area contributed by atoms with Crippen molar-refractivity contribution in [3.8, 4) is 5.75 Å². The first-order chi connectivity index (χ1) is 19.1. The number of thioether (sulfide) groups is 1. The molecule has 0 radical (unpaired) electrons. The van der Waals surface area contributed by atoms with Gasteiger partial charge in [0.2, 0.25) is 17.7 Å². The maximum absolute atomic E-state index is 14.3. The number of nitrogens with zero attached hydrogens (tertiary/aromatic N) is 1. The standard InChI is InChI=1S/C31H39N3O5S/c1-6-39-21-11-9-20(10-12-21)32-28(36)25-24-13-14-31(40-24)26(25)30(38)34(23(16-35)17(2)3)27(31)29(37)33-22-15-18(4)7-8-19(22)5/h7-12,15,17,23-27,35H,6,13-14,16H2,1-5H3,(H,32,36)(H,33,37)/t23-,24+,25-,26-,27?,31?/m0/s1. The molecule has 8 nitrogen and oxygen atoms in total. The molecule has 3 saturated heterocycles. The van der Waals surface area contributed by atoms with Crippen molar-refractivity contribution in [3.05, 3.63) is 53.6 Å². The Bertz CT molecular complexity index is 1300. The molecule has 9 heteroatoms. The Morgan fingerprint density at radius 3 is 2.50 bits per heavy atom. The lowest BCUT2D eigenvalue weighted by Gasteiger charge is -2.38. The van der Waals surface area contributed by atoms with Gasteiger partial charge in [0.15, 0.2) is 0 Å². The van der Waals surface area contributed by atoms with E-state index in [1.165, 1.54) is 0 Å². The first-order valence-corrected chi connectivity index (χ1v) is 15.0. The van der Waals surface area contributed by atoms with Crippen LogP contribution < -0.4 is 15.4 Å². The Kier molecular flexibility index (Phi) is 7.90. The topological polar surface area (TPSA) is 108 Å². The number of aliphatic hydroxyl groups excluding tert-OH is 1. The first kappa shape index (κ1) is 28.5. The van der Waals surface area contributed by atoms with Crippen molar-refractivity contribution in [2.45, 2.75) is 69.5 Å². The number of ether oxygens (including phenoxy) is 1. The molecule has 6 atom stereocenters. The van der Waals surface area contributed by atoms with Gasteiger partial charge in [0.1, 0.15) is 11.8 Å². The van der Waals surface area contributed by atoms with Gasteiger partial charge in [-0.1, -0.05) is 26.0 Å². The van der Waals surface area contributed by atoms with Gasteiger partial charge in [0.25, 0.3) is 0 Å². The van der Waals surface area contributed by atoms with Crippen LogP contribution in [-0.2, 0) is 14.4 Å². The molecule has 2 unspecified atom stereocenters. The van der Waals surface area contributed by atoms with Crippen LogP contribution >= 0.6 is 11.8 Å². The number of likely N-dealkylation sites (tertiary alicyclic amines) is 1. The smallest absolute Gasteiger partial charge is 0.248 e. The molecule has 1 spiro atoms. The van der Waals surface area contributed by atoms with Crippen molar-refractivity contribution < 1.29 is 24.2 Å². The number of fused-ring (bicyclic) bond motifs is 1. The number of aryl methyl sites for hydroxylation is 2. The summed E-state index contributed by atoms with van der Waals surface area (Å²) >= 11 is 1.62. The molecule has 3 N–H and O–H groups in total. The highest BCUT2D eigenvalue weighted by Gasteiger charge is 2.74. The highest BCUT2D eigenvalue weighted by molar-refractivity contribution is 8.02. The summed E-state index contributed by atoms with van der Waals surface area (Å²) in [5.74, 6) is -1.23. The fourth-order valence-electron chi connectivity index (χ4n) is 6.77. The lowest BCUT2D eigenvalue weighted by molar-refractivity contribution is -0.142. The molecular formula is C31H39N3O5S. The van der Waals surface area contributed by atoms with Gasteiger partial charge in [0.05, 0.1) is 35.8 Å². The zero-order valence-electron chi connectivity index (χ0n) is 23.8. The van der Waals surface area contributed by atoms with Crippen molar-refractivity contribution in [1.29, 1.82) is 0 Å². The van der Waals surface area contributed by atoms with Gasteiger partial charge >= 0.3 is 0 Å². The van der Waals surface area contributed by atoms with Gasteiger partial charge in [-0.3, -0.25) is 14.4 Å². The number of hydrogen-bond donors (Lipinski definition) is 3. The number of carbonyl (C=O) groups is 3. The number of benzene rings is 2. The summed E-state index contributed by atoms with van der Waals surface area (Å²) in [5.41, 5.74) is 3.30. The predicted octanol–water partition coefficient (Wildman–Crippen LogP) is 4.39. The van der Waals surface area contributed by atoms with Crippen LogP contribution in [0.4, 0.5) is 11.4 Å². The third-order valence-electron chi connectivity index (χ3n) is 8.69. The summed E-state index contributed by atoms with van der Waals surface area (Å²) < 4.78 is 4.78. The van der Waals surface area contributed by atoms with E-state index in [1.807, 2.05) is 52.8 Å². The van der Waals surface area contributed by atoms with E-state index in [4.69, 9.17) is 4.74 Å². The van der Waals surface area contributed by atoms with E-state index < -0.39 is 28.7 Å². The van der Waals surface area contributed by atoms with Gasteiger partial charge in [-0.25, -0.2) is 0 Å². The molecule has 3 heterocycles. The van der Waals surface area contributed by atoms with Crippen LogP contribution in [-0.4, -0.2) is 63.0 Å². The van der Waals surface area contributed by atoms with Crippen molar-refractivity contribution in [1.82, 2.24) is 4.90 Å². The minimum absolute atomic E-state index is 0.0542. The van der Waals surface area contributed by atoms with E-state index in [1.54, 1.807) is 40.9 Å². The molecule has 3 amide bonds. The van der Waals surface area contributed by atoms with Crippen molar-refractivity contribution in [3.63, 3.8) is 0 Å². The second kappa shape index (κ2) is 11.1. The quantitative estimate of drug-likeness (QED) is 0.416. The van der Waals surface area contributed by atoms with E-state index in [2.05, 4.69) is 10.6 Å². The Morgan fingerprint density at radius 1 is 1.12 bits per heavy atom. The average molecular weight is 566 g/mol. The molecule has 2 aromatic carbocycles. The molecule has 3 fully saturated rings. The van der Waals surface area contributed by atoms with Crippen LogP contribution in [0.15, 0.2) is 42.5 Å². The van der Waals surface area contributed by atoms with Gasteiger partial charge in [-0.2, -0.15) is 0 Å². The van der Waals surface area contributed by atoms with Crippen LogP contribution in [0.1, 0.15) is 44.7 Å². The number of nitrogens with one attached hydrogen (secondary N) is 2. The third-order valence-corrected chi connectivity index (χ3v) is 10.6. The number of anilines is 2. The minimum atomic E-state index is -0.789. The number of rotatable bonds is 9. The van der Waals surface area contributed by atoms with E-state index in [9.17, 15) is 19.5 Å². The van der Waals surface area contributed by atoms with Crippen LogP contribution in [0.3, 0.4) is 0 Å². The lowest BCUT2D eigenvalue weighted by Crippen LogP contribution is -2.56. The molecule has 5 rings (SSSR count). The van der Waals surface area contributed by atoms with Crippen molar-refractivity contribution in [2.75, 3.05) is 23.8 Å². The van der Waals surface area contributed by atoms with E-state index in [-0.39, 0.29) is 35.5 Å². The molecule has 2 aromatic rings. The summed E-state index contributed by atoms with van der Waals surface area (Å²) in [4.78, 5) is 43.8. The first-order valence-electron chi connectivity index (χ1n) is 14.1. The summed E-state index contributed by atoms with van der Waals surface area (Å²) in [7, 11) is 0. The molecule has 0 aliphatic carbocycles. The third kappa shape index (κ3) is 4.77. The van der Waals surface area contributed by atoms with Gasteiger partial charge < -0.3 is 25.4 Å². The molecule has 2 bridgehead atoms. The van der Waals surface area contributed by atoms with Gasteiger partial charge in [-0.15, -0.1) is 11.8 Å². The normalized spacial score (nSPS) is 27.6. The average Bonchev–Trinajstić information content (AvgIpc) is 3.55. The molecule has 0 saturated carbocycles. The Labute approximate surface area is 240 Å². The summed E-state index contributed by atoms with van der Waals surface area (Å²) in [6.45, 7) is 10.0. The summed E-state index contributed by atoms with van der Waals surface area (Å²) in [6, 6.07) is 11.8. The Balaban J connectivity index is 1.48. The second-order valence-corrected chi connectivity index (χ2v) is 13.2. The van der Waals surface area contributed by atoms with Crippen LogP contribution in [0.2, 0.25) is 0 Å². The highest BCUT2D eigenvalue weighted by atomic mass is 32.2. The molecule has 3 aliphatic rings. The highest BCUT2D eigenvalue weighted by Crippen LogP contribution is 2.67. The van der Waals surface area contributed by atoms with Crippen molar-refractivity contribution >= 4 is 40.9 Å². The van der Waals surface area contributed by atoms with E-state index in [0.717, 1.165) is 23.3 Å². The van der Waals surface area contributed by atoms with Crippen LogP contribution in [0.5, 0.6) is 5.75 Å².